The maximum atomic E-state index is 12.6. The molecule has 0 unspecified atom stereocenters. The number of carbonyl (C=O) groups is 2. The first-order chi connectivity index (χ1) is 11.7. The van der Waals surface area contributed by atoms with Crippen molar-refractivity contribution >= 4 is 11.8 Å². The Labute approximate surface area is 146 Å². The first kappa shape index (κ1) is 17.8. The Morgan fingerprint density at radius 2 is 0.833 bits per heavy atom. The zero-order valence-corrected chi connectivity index (χ0v) is 15.0. The second-order valence-corrected chi connectivity index (χ2v) is 8.18. The molecular formula is C20H34N2O2. The van der Waals surface area contributed by atoms with Crippen LogP contribution in [-0.2, 0) is 9.59 Å². The fourth-order valence-electron chi connectivity index (χ4n) is 4.81. The molecule has 3 fully saturated rings. The molecule has 0 saturated heterocycles. The molecule has 0 aliphatic heterocycles. The third-order valence-electron chi connectivity index (χ3n) is 6.37. The fraction of sp³-hybridized carbons (Fsp3) is 0.900. The Morgan fingerprint density at radius 1 is 0.500 bits per heavy atom. The minimum Gasteiger partial charge on any atom is -0.351 e. The van der Waals surface area contributed by atoms with Gasteiger partial charge in [0, 0.05) is 23.9 Å². The van der Waals surface area contributed by atoms with Crippen molar-refractivity contribution in [2.24, 2.45) is 11.8 Å². The van der Waals surface area contributed by atoms with Gasteiger partial charge in [-0.2, -0.15) is 0 Å². The van der Waals surface area contributed by atoms with Gasteiger partial charge < -0.3 is 10.6 Å². The van der Waals surface area contributed by atoms with Crippen LogP contribution in [0.4, 0.5) is 0 Å². The lowest BCUT2D eigenvalue weighted by Gasteiger charge is -2.35. The Balaban J connectivity index is 1.52. The van der Waals surface area contributed by atoms with Crippen molar-refractivity contribution in [3.8, 4) is 0 Å². The van der Waals surface area contributed by atoms with E-state index in [0.29, 0.717) is 0 Å². The van der Waals surface area contributed by atoms with Gasteiger partial charge in [0.25, 0.3) is 0 Å². The number of hydrogen-bond acceptors (Lipinski definition) is 2. The minimum absolute atomic E-state index is 0.140. The van der Waals surface area contributed by atoms with E-state index in [0.717, 1.165) is 51.4 Å². The first-order valence-corrected chi connectivity index (χ1v) is 10.3. The van der Waals surface area contributed by atoms with Gasteiger partial charge in [0.15, 0.2) is 0 Å². The van der Waals surface area contributed by atoms with Crippen molar-refractivity contribution in [2.75, 3.05) is 0 Å². The molecule has 0 radical (unpaired) electrons. The monoisotopic (exact) mass is 334 g/mol. The van der Waals surface area contributed by atoms with Crippen molar-refractivity contribution in [1.29, 1.82) is 0 Å². The van der Waals surface area contributed by atoms with Crippen molar-refractivity contribution in [3.63, 3.8) is 0 Å². The van der Waals surface area contributed by atoms with E-state index in [9.17, 15) is 9.59 Å². The Morgan fingerprint density at radius 3 is 1.21 bits per heavy atom. The zero-order chi connectivity index (χ0) is 16.8. The molecule has 0 aromatic rings. The third kappa shape index (κ3) is 4.73. The summed E-state index contributed by atoms with van der Waals surface area (Å²) in [5.41, 5.74) is 0. The minimum atomic E-state index is 0.140. The van der Waals surface area contributed by atoms with Crippen LogP contribution >= 0.6 is 0 Å². The van der Waals surface area contributed by atoms with Crippen molar-refractivity contribution in [1.82, 2.24) is 10.6 Å². The number of nitrogens with one attached hydrogen (secondary N) is 2. The number of hydrogen-bond donors (Lipinski definition) is 2. The summed E-state index contributed by atoms with van der Waals surface area (Å²) in [7, 11) is 0. The van der Waals surface area contributed by atoms with E-state index in [4.69, 9.17) is 0 Å². The summed E-state index contributed by atoms with van der Waals surface area (Å²) in [6.07, 6.45) is 15.8. The lowest BCUT2D eigenvalue weighted by atomic mass is 9.85. The Hall–Kier alpha value is -1.06. The molecule has 3 rings (SSSR count). The van der Waals surface area contributed by atoms with Crippen LogP contribution < -0.4 is 10.6 Å². The average Bonchev–Trinajstić information content (AvgIpc) is 2.64. The van der Waals surface area contributed by atoms with E-state index in [-0.39, 0.29) is 35.7 Å². The van der Waals surface area contributed by atoms with Crippen LogP contribution in [0, 0.1) is 11.8 Å². The van der Waals surface area contributed by atoms with Crippen LogP contribution in [0.1, 0.15) is 89.9 Å². The van der Waals surface area contributed by atoms with Crippen LogP contribution in [0.5, 0.6) is 0 Å². The van der Waals surface area contributed by atoms with Crippen LogP contribution in [0.3, 0.4) is 0 Å². The molecule has 136 valence electrons. The Bertz CT molecular complexity index is 385. The summed E-state index contributed by atoms with van der Waals surface area (Å²) < 4.78 is 0. The summed E-state index contributed by atoms with van der Waals surface area (Å²) in [5, 5.41) is 6.59. The van der Waals surface area contributed by atoms with E-state index in [1.54, 1.807) is 0 Å². The summed E-state index contributed by atoms with van der Waals surface area (Å²) in [5.74, 6) is 0.878. The molecule has 2 amide bonds. The van der Waals surface area contributed by atoms with Gasteiger partial charge >= 0.3 is 0 Å². The highest BCUT2D eigenvalue weighted by atomic mass is 16.2. The van der Waals surface area contributed by atoms with Crippen LogP contribution in [0.2, 0.25) is 0 Å². The maximum Gasteiger partial charge on any atom is 0.223 e. The van der Waals surface area contributed by atoms with Gasteiger partial charge in [0.05, 0.1) is 0 Å². The van der Waals surface area contributed by atoms with Crippen molar-refractivity contribution < 1.29 is 9.59 Å². The quantitative estimate of drug-likeness (QED) is 0.824. The highest BCUT2D eigenvalue weighted by Gasteiger charge is 2.32. The van der Waals surface area contributed by atoms with Gasteiger partial charge in [-0.3, -0.25) is 9.59 Å². The molecule has 2 atom stereocenters. The topological polar surface area (TPSA) is 58.2 Å². The summed E-state index contributed by atoms with van der Waals surface area (Å²) >= 11 is 0. The van der Waals surface area contributed by atoms with Gasteiger partial charge in [-0.05, 0) is 38.5 Å². The van der Waals surface area contributed by atoms with Gasteiger partial charge in [0.2, 0.25) is 11.8 Å². The normalized spacial score (nSPS) is 29.8. The highest BCUT2D eigenvalue weighted by molar-refractivity contribution is 5.80. The van der Waals surface area contributed by atoms with E-state index in [1.165, 1.54) is 38.5 Å². The molecule has 0 bridgehead atoms. The maximum absolute atomic E-state index is 12.6. The SMILES string of the molecule is O=C(N[C@@H]1CCCC[C@H]1NC(=O)C1CCCCC1)C1CCCCC1. The first-order valence-electron chi connectivity index (χ1n) is 10.3. The van der Waals surface area contributed by atoms with Gasteiger partial charge in [-0.25, -0.2) is 0 Å². The molecule has 3 aliphatic carbocycles. The molecule has 0 heterocycles. The predicted octanol–water partition coefficient (Wildman–Crippen LogP) is 3.69. The van der Waals surface area contributed by atoms with E-state index >= 15 is 0 Å². The Kier molecular flexibility index (Phi) is 6.56. The lowest BCUT2D eigenvalue weighted by Crippen LogP contribution is -2.55. The van der Waals surface area contributed by atoms with Gasteiger partial charge in [-0.1, -0.05) is 51.4 Å². The molecule has 3 saturated carbocycles. The molecule has 2 N–H and O–H groups in total. The number of rotatable bonds is 4. The third-order valence-corrected chi connectivity index (χ3v) is 6.37. The summed E-state index contributed by atoms with van der Waals surface area (Å²) in [4.78, 5) is 25.2. The standard InChI is InChI=1S/C20H34N2O2/c23-19(15-9-3-1-4-10-15)21-17-13-7-8-14-18(17)22-20(24)16-11-5-2-6-12-16/h15-18H,1-14H2,(H,21,23)(H,22,24)/t17-,18-/m1/s1. The van der Waals surface area contributed by atoms with E-state index < -0.39 is 0 Å². The highest BCUT2D eigenvalue weighted by Crippen LogP contribution is 2.27. The molecule has 0 spiro atoms. The van der Waals surface area contributed by atoms with Crippen LogP contribution in [-0.4, -0.2) is 23.9 Å². The zero-order valence-electron chi connectivity index (χ0n) is 15.0. The summed E-state index contributed by atoms with van der Waals surface area (Å²) in [6, 6.07) is 0.279. The smallest absolute Gasteiger partial charge is 0.223 e. The molecule has 0 aromatic carbocycles. The largest absolute Gasteiger partial charge is 0.351 e. The van der Waals surface area contributed by atoms with Crippen LogP contribution in [0.15, 0.2) is 0 Å². The van der Waals surface area contributed by atoms with Crippen molar-refractivity contribution in [2.45, 2.75) is 102 Å². The van der Waals surface area contributed by atoms with Crippen LogP contribution in [0.25, 0.3) is 0 Å². The number of amides is 2. The predicted molar refractivity (Wildman–Crippen MR) is 95.5 cm³/mol. The molecule has 24 heavy (non-hydrogen) atoms. The lowest BCUT2D eigenvalue weighted by molar-refractivity contribution is -0.129. The molecule has 4 nitrogen and oxygen atoms in total. The molecule has 3 aliphatic rings. The van der Waals surface area contributed by atoms with E-state index in [1.807, 2.05) is 0 Å². The fourth-order valence-corrected chi connectivity index (χ4v) is 4.81. The van der Waals surface area contributed by atoms with Crippen molar-refractivity contribution in [3.05, 3.63) is 0 Å². The number of carbonyl (C=O) groups excluding carboxylic acids is 2. The molecule has 0 aromatic heterocycles. The van der Waals surface area contributed by atoms with Gasteiger partial charge in [0.1, 0.15) is 0 Å². The average molecular weight is 335 g/mol. The van der Waals surface area contributed by atoms with E-state index in [2.05, 4.69) is 10.6 Å². The van der Waals surface area contributed by atoms with Gasteiger partial charge in [-0.15, -0.1) is 0 Å². The molecular weight excluding hydrogens is 300 g/mol. The summed E-state index contributed by atoms with van der Waals surface area (Å²) in [6.45, 7) is 0. The second-order valence-electron chi connectivity index (χ2n) is 8.18. The molecule has 4 heteroatoms. The second kappa shape index (κ2) is 8.87.